The molecule has 1 fully saturated rings. The summed E-state index contributed by atoms with van der Waals surface area (Å²) in [7, 11) is 0. The average molecular weight is 232 g/mol. The molecule has 0 saturated heterocycles. The molecule has 0 aliphatic heterocycles. The molecule has 0 radical (unpaired) electrons. The second kappa shape index (κ2) is 4.81. The maximum atomic E-state index is 9.49. The van der Waals surface area contributed by atoms with Crippen LogP contribution >= 0.6 is 0 Å². The molecule has 1 saturated carbocycles. The molecule has 2 bridgehead atoms. The molecule has 17 heavy (non-hydrogen) atoms. The lowest BCUT2D eigenvalue weighted by molar-refractivity contribution is 0.202. The highest BCUT2D eigenvalue weighted by Gasteiger charge is 2.45. The van der Waals surface area contributed by atoms with Crippen molar-refractivity contribution in [2.24, 2.45) is 17.8 Å². The molecule has 1 heteroatoms. The molecule has 94 valence electrons. The Labute approximate surface area is 105 Å². The van der Waals surface area contributed by atoms with Crippen LogP contribution in [0.1, 0.15) is 40.5 Å². The lowest BCUT2D eigenvalue weighted by Gasteiger charge is -2.27. The van der Waals surface area contributed by atoms with Gasteiger partial charge in [0.25, 0.3) is 0 Å². The zero-order valence-electron chi connectivity index (χ0n) is 11.5. The number of aliphatic hydroxyl groups is 1. The van der Waals surface area contributed by atoms with Crippen LogP contribution in [0.5, 0.6) is 0 Å². The number of hydrogen-bond acceptors (Lipinski definition) is 1. The number of rotatable bonds is 3. The van der Waals surface area contributed by atoms with E-state index >= 15 is 0 Å². The van der Waals surface area contributed by atoms with Gasteiger partial charge in [-0.15, -0.1) is 0 Å². The molecule has 2 rings (SSSR count). The van der Waals surface area contributed by atoms with E-state index in [9.17, 15) is 5.11 Å². The summed E-state index contributed by atoms with van der Waals surface area (Å²) in [5, 5.41) is 9.49. The number of fused-ring (bicyclic) bond motifs is 2. The Morgan fingerprint density at radius 3 is 2.24 bits per heavy atom. The minimum atomic E-state index is 0.351. The summed E-state index contributed by atoms with van der Waals surface area (Å²) < 4.78 is 0. The lowest BCUT2D eigenvalue weighted by Crippen LogP contribution is -2.19. The third kappa shape index (κ3) is 1.91. The molecule has 3 atom stereocenters. The Kier molecular flexibility index (Phi) is 3.58. The van der Waals surface area contributed by atoms with Gasteiger partial charge < -0.3 is 5.11 Å². The molecule has 2 aliphatic rings. The van der Waals surface area contributed by atoms with Gasteiger partial charge in [-0.25, -0.2) is 0 Å². The number of hydrogen-bond donors (Lipinski definition) is 1. The molecule has 3 unspecified atom stereocenters. The van der Waals surface area contributed by atoms with Crippen LogP contribution < -0.4 is 0 Å². The van der Waals surface area contributed by atoms with E-state index < -0.39 is 0 Å². The van der Waals surface area contributed by atoms with Gasteiger partial charge in [0.1, 0.15) is 0 Å². The van der Waals surface area contributed by atoms with Gasteiger partial charge in [-0.3, -0.25) is 0 Å². The van der Waals surface area contributed by atoms with Crippen LogP contribution in [-0.4, -0.2) is 11.7 Å². The largest absolute Gasteiger partial charge is 0.396 e. The molecule has 0 spiro atoms. The number of allylic oxidation sites excluding steroid dienone is 6. The minimum Gasteiger partial charge on any atom is -0.396 e. The first kappa shape index (κ1) is 12.6. The molecule has 0 heterocycles. The summed E-state index contributed by atoms with van der Waals surface area (Å²) in [6, 6.07) is 0. The Balaban J connectivity index is 2.47. The summed E-state index contributed by atoms with van der Waals surface area (Å²) in [4.78, 5) is 0. The van der Waals surface area contributed by atoms with Gasteiger partial charge in [-0.05, 0) is 69.4 Å². The Morgan fingerprint density at radius 1 is 1.12 bits per heavy atom. The zero-order chi connectivity index (χ0) is 12.6. The summed E-state index contributed by atoms with van der Waals surface area (Å²) in [6.07, 6.45) is 6.88. The van der Waals surface area contributed by atoms with E-state index in [0.717, 1.165) is 0 Å². The van der Waals surface area contributed by atoms with Crippen molar-refractivity contribution in [2.45, 2.75) is 40.5 Å². The monoisotopic (exact) mass is 232 g/mol. The summed E-state index contributed by atoms with van der Waals surface area (Å²) in [6.45, 7) is 9.04. The van der Waals surface area contributed by atoms with Crippen molar-refractivity contribution in [3.63, 3.8) is 0 Å². The highest BCUT2D eigenvalue weighted by Crippen LogP contribution is 2.55. The third-order valence-electron chi connectivity index (χ3n) is 4.71. The molecule has 0 aromatic carbocycles. The summed E-state index contributed by atoms with van der Waals surface area (Å²) in [5.41, 5.74) is 5.97. The van der Waals surface area contributed by atoms with E-state index in [1.165, 1.54) is 24.0 Å². The van der Waals surface area contributed by atoms with Gasteiger partial charge in [0.15, 0.2) is 0 Å². The molecule has 0 aromatic heterocycles. The van der Waals surface area contributed by atoms with Gasteiger partial charge >= 0.3 is 0 Å². The normalized spacial score (nSPS) is 33.8. The van der Waals surface area contributed by atoms with Crippen molar-refractivity contribution >= 4 is 0 Å². The smallest absolute Gasteiger partial charge is 0.0465 e. The van der Waals surface area contributed by atoms with E-state index in [2.05, 4.69) is 39.8 Å². The van der Waals surface area contributed by atoms with Crippen LogP contribution in [0.2, 0.25) is 0 Å². The fourth-order valence-electron chi connectivity index (χ4n) is 3.69. The fourth-order valence-corrected chi connectivity index (χ4v) is 3.69. The molecule has 1 N–H and O–H groups in total. The Hall–Kier alpha value is -0.820. The van der Waals surface area contributed by atoms with Crippen molar-refractivity contribution in [2.75, 3.05) is 6.61 Å². The standard InChI is InChI=1S/C16H24O/c1-5-10(3)15-12-7-13(9-17)14(8-12)16(15)11(4)6-2/h5-6,12-14,17H,7-9H2,1-4H3. The van der Waals surface area contributed by atoms with Crippen molar-refractivity contribution in [1.82, 2.24) is 0 Å². The van der Waals surface area contributed by atoms with Crippen molar-refractivity contribution in [3.05, 3.63) is 34.4 Å². The highest BCUT2D eigenvalue weighted by atomic mass is 16.3. The molecular weight excluding hydrogens is 208 g/mol. The predicted molar refractivity (Wildman–Crippen MR) is 72.7 cm³/mol. The lowest BCUT2D eigenvalue weighted by atomic mass is 9.79. The van der Waals surface area contributed by atoms with Crippen LogP contribution in [0.3, 0.4) is 0 Å². The average Bonchev–Trinajstić information content (AvgIpc) is 2.93. The van der Waals surface area contributed by atoms with Crippen molar-refractivity contribution < 1.29 is 5.11 Å². The van der Waals surface area contributed by atoms with Crippen LogP contribution in [-0.2, 0) is 0 Å². The van der Waals surface area contributed by atoms with Crippen molar-refractivity contribution in [1.29, 1.82) is 0 Å². The molecule has 1 nitrogen and oxygen atoms in total. The quantitative estimate of drug-likeness (QED) is 0.783. The highest BCUT2D eigenvalue weighted by molar-refractivity contribution is 5.51. The zero-order valence-corrected chi connectivity index (χ0v) is 11.5. The second-order valence-corrected chi connectivity index (χ2v) is 5.49. The van der Waals surface area contributed by atoms with Crippen LogP contribution in [0, 0.1) is 17.8 Å². The molecular formula is C16H24O. The van der Waals surface area contributed by atoms with E-state index in [1.807, 2.05) is 0 Å². The first-order valence-corrected chi connectivity index (χ1v) is 6.75. The van der Waals surface area contributed by atoms with Gasteiger partial charge in [-0.2, -0.15) is 0 Å². The van der Waals surface area contributed by atoms with Crippen LogP contribution in [0.15, 0.2) is 34.4 Å². The topological polar surface area (TPSA) is 20.2 Å². The van der Waals surface area contributed by atoms with E-state index in [-0.39, 0.29) is 0 Å². The molecule has 0 aromatic rings. The van der Waals surface area contributed by atoms with Crippen LogP contribution in [0.25, 0.3) is 0 Å². The maximum Gasteiger partial charge on any atom is 0.0465 e. The van der Waals surface area contributed by atoms with Gasteiger partial charge in [-0.1, -0.05) is 23.3 Å². The SMILES string of the molecule is CC=C(C)C1=C(C(C)=CC)C2CC1CC2CO. The van der Waals surface area contributed by atoms with E-state index in [0.29, 0.717) is 24.4 Å². The van der Waals surface area contributed by atoms with Crippen LogP contribution in [0.4, 0.5) is 0 Å². The summed E-state index contributed by atoms with van der Waals surface area (Å²) in [5.74, 6) is 1.79. The summed E-state index contributed by atoms with van der Waals surface area (Å²) >= 11 is 0. The fraction of sp³-hybridized carbons (Fsp3) is 0.625. The Morgan fingerprint density at radius 2 is 1.71 bits per heavy atom. The van der Waals surface area contributed by atoms with Gasteiger partial charge in [0.2, 0.25) is 0 Å². The molecule has 0 amide bonds. The molecule has 2 aliphatic carbocycles. The third-order valence-corrected chi connectivity index (χ3v) is 4.71. The van der Waals surface area contributed by atoms with E-state index in [4.69, 9.17) is 0 Å². The minimum absolute atomic E-state index is 0.351. The first-order chi connectivity index (χ1) is 8.13. The number of aliphatic hydroxyl groups excluding tert-OH is 1. The first-order valence-electron chi connectivity index (χ1n) is 6.75. The van der Waals surface area contributed by atoms with Gasteiger partial charge in [0, 0.05) is 6.61 Å². The van der Waals surface area contributed by atoms with E-state index in [1.54, 1.807) is 11.1 Å². The maximum absolute atomic E-state index is 9.49. The van der Waals surface area contributed by atoms with Crippen molar-refractivity contribution in [3.8, 4) is 0 Å². The van der Waals surface area contributed by atoms with Gasteiger partial charge in [0.05, 0.1) is 0 Å². The Bertz CT molecular complexity index is 398. The second-order valence-electron chi connectivity index (χ2n) is 5.49. The predicted octanol–water partition coefficient (Wildman–Crippen LogP) is 3.86.